The van der Waals surface area contributed by atoms with Crippen molar-refractivity contribution in [1.29, 1.82) is 0 Å². The van der Waals surface area contributed by atoms with Gasteiger partial charge in [-0.15, -0.1) is 10.2 Å². The highest BCUT2D eigenvalue weighted by molar-refractivity contribution is 7.16. The van der Waals surface area contributed by atoms with Crippen LogP contribution in [0.1, 0.15) is 10.6 Å². The molecule has 9 heteroatoms. The van der Waals surface area contributed by atoms with Gasteiger partial charge in [0.05, 0.1) is 12.8 Å². The summed E-state index contributed by atoms with van der Waals surface area (Å²) in [6.07, 6.45) is 0. The number of rotatable bonds is 6. The van der Waals surface area contributed by atoms with Crippen molar-refractivity contribution in [2.24, 2.45) is 0 Å². The number of methoxy groups -OCH3 is 1. The molecule has 1 N–H and O–H groups in total. The van der Waals surface area contributed by atoms with Gasteiger partial charge in [-0.2, -0.15) is 14.7 Å². The Labute approximate surface area is 176 Å². The second kappa shape index (κ2) is 7.60. The Balaban J connectivity index is 1.39. The van der Waals surface area contributed by atoms with E-state index in [1.54, 1.807) is 11.6 Å². The van der Waals surface area contributed by atoms with Crippen molar-refractivity contribution >= 4 is 16.3 Å². The van der Waals surface area contributed by atoms with Crippen molar-refractivity contribution in [3.8, 4) is 34.3 Å². The lowest BCUT2D eigenvalue weighted by Crippen LogP contribution is -1.98. The zero-order valence-corrected chi connectivity index (χ0v) is 17.2. The Morgan fingerprint density at radius 3 is 2.70 bits per heavy atom. The van der Waals surface area contributed by atoms with Crippen LogP contribution in [0.4, 0.5) is 0 Å². The van der Waals surface area contributed by atoms with Gasteiger partial charge in [0.2, 0.25) is 10.8 Å². The van der Waals surface area contributed by atoms with Crippen molar-refractivity contribution in [3.05, 3.63) is 65.2 Å². The van der Waals surface area contributed by atoms with E-state index in [1.165, 1.54) is 11.3 Å². The van der Waals surface area contributed by atoms with E-state index >= 15 is 0 Å². The number of ether oxygens (including phenoxy) is 2. The van der Waals surface area contributed by atoms with E-state index in [1.807, 2.05) is 61.5 Å². The molecule has 3 aromatic heterocycles. The van der Waals surface area contributed by atoms with Gasteiger partial charge in [-0.25, -0.2) is 0 Å². The van der Waals surface area contributed by atoms with Gasteiger partial charge in [-0.1, -0.05) is 29.5 Å². The number of para-hydroxylation sites is 1. The van der Waals surface area contributed by atoms with Gasteiger partial charge in [0, 0.05) is 5.56 Å². The highest BCUT2D eigenvalue weighted by Gasteiger charge is 2.16. The van der Waals surface area contributed by atoms with E-state index in [2.05, 4.69) is 25.5 Å². The molecule has 30 heavy (non-hydrogen) atoms. The fraction of sp³-hybridized carbons (Fsp3) is 0.143. The minimum Gasteiger partial charge on any atom is -0.497 e. The molecule has 3 heterocycles. The molecule has 0 saturated carbocycles. The number of aromatic nitrogens is 6. The molecule has 0 aliphatic rings. The number of aromatic amines is 1. The topological polar surface area (TPSA) is 90.2 Å². The van der Waals surface area contributed by atoms with Crippen LogP contribution < -0.4 is 9.47 Å². The van der Waals surface area contributed by atoms with E-state index in [0.29, 0.717) is 17.4 Å². The lowest BCUT2D eigenvalue weighted by Gasteiger charge is -2.06. The van der Waals surface area contributed by atoms with Crippen molar-refractivity contribution in [3.63, 3.8) is 0 Å². The van der Waals surface area contributed by atoms with Crippen LogP contribution in [0, 0.1) is 6.92 Å². The molecule has 0 radical (unpaired) electrons. The van der Waals surface area contributed by atoms with E-state index < -0.39 is 0 Å². The Morgan fingerprint density at radius 1 is 1.07 bits per heavy atom. The van der Waals surface area contributed by atoms with Crippen molar-refractivity contribution < 1.29 is 9.47 Å². The summed E-state index contributed by atoms with van der Waals surface area (Å²) in [6, 6.07) is 17.6. The van der Waals surface area contributed by atoms with Crippen LogP contribution in [0.2, 0.25) is 0 Å². The Morgan fingerprint density at radius 2 is 1.90 bits per heavy atom. The van der Waals surface area contributed by atoms with Crippen LogP contribution in [0.3, 0.4) is 0 Å². The molecule has 0 fully saturated rings. The van der Waals surface area contributed by atoms with Gasteiger partial charge in [0.1, 0.15) is 23.8 Å². The van der Waals surface area contributed by atoms with Gasteiger partial charge >= 0.3 is 0 Å². The summed E-state index contributed by atoms with van der Waals surface area (Å²) in [4.78, 5) is 0.703. The molecule has 0 unspecified atom stereocenters. The minimum absolute atomic E-state index is 0.373. The monoisotopic (exact) mass is 418 g/mol. The molecule has 0 spiro atoms. The maximum Gasteiger partial charge on any atom is 0.235 e. The molecule has 0 bridgehead atoms. The molecule has 5 rings (SSSR count). The van der Waals surface area contributed by atoms with Crippen LogP contribution in [-0.2, 0) is 6.61 Å². The quantitative estimate of drug-likeness (QED) is 0.446. The normalized spacial score (nSPS) is 11.1. The van der Waals surface area contributed by atoms with Crippen molar-refractivity contribution in [2.45, 2.75) is 13.5 Å². The van der Waals surface area contributed by atoms with Crippen molar-refractivity contribution in [1.82, 2.24) is 30.0 Å². The number of fused-ring (bicyclic) bond motifs is 1. The van der Waals surface area contributed by atoms with Crippen LogP contribution in [0.5, 0.6) is 11.5 Å². The third kappa shape index (κ3) is 3.39. The molecule has 150 valence electrons. The molecule has 2 aromatic carbocycles. The van der Waals surface area contributed by atoms with Crippen LogP contribution in [0.25, 0.3) is 27.7 Å². The summed E-state index contributed by atoms with van der Waals surface area (Å²) >= 11 is 1.45. The molecule has 8 nitrogen and oxygen atoms in total. The zero-order chi connectivity index (χ0) is 20.5. The maximum atomic E-state index is 5.90. The highest BCUT2D eigenvalue weighted by atomic mass is 32.1. The Hall–Kier alpha value is -3.72. The lowest BCUT2D eigenvalue weighted by atomic mass is 10.1. The fourth-order valence-electron chi connectivity index (χ4n) is 3.09. The SMILES string of the molecule is COc1ccc(-c2cc(-c3nnc4sc(COc5ccccc5C)nn34)[nH]n2)cc1. The number of nitrogens with one attached hydrogen (secondary N) is 1. The number of hydrogen-bond donors (Lipinski definition) is 1. The summed E-state index contributed by atoms with van der Waals surface area (Å²) in [5.41, 5.74) is 3.61. The summed E-state index contributed by atoms with van der Waals surface area (Å²) in [7, 11) is 1.65. The predicted molar refractivity (Wildman–Crippen MR) is 114 cm³/mol. The van der Waals surface area contributed by atoms with Crippen LogP contribution >= 0.6 is 11.3 Å². The third-order valence-corrected chi connectivity index (χ3v) is 5.55. The second-order valence-corrected chi connectivity index (χ2v) is 7.70. The summed E-state index contributed by atoms with van der Waals surface area (Å²) in [5.74, 6) is 2.26. The average Bonchev–Trinajstić information content (AvgIpc) is 3.49. The number of hydrogen-bond acceptors (Lipinski definition) is 7. The van der Waals surface area contributed by atoms with Crippen LogP contribution in [0.15, 0.2) is 54.6 Å². The first kappa shape index (κ1) is 18.3. The van der Waals surface area contributed by atoms with Crippen LogP contribution in [-0.4, -0.2) is 37.1 Å². The van der Waals surface area contributed by atoms with Gasteiger partial charge in [0.25, 0.3) is 0 Å². The first-order valence-corrected chi connectivity index (χ1v) is 10.1. The third-order valence-electron chi connectivity index (χ3n) is 4.68. The van der Waals surface area contributed by atoms with Gasteiger partial charge in [-0.05, 0) is 48.9 Å². The Bertz CT molecular complexity index is 1300. The maximum absolute atomic E-state index is 5.90. The molecule has 0 saturated heterocycles. The lowest BCUT2D eigenvalue weighted by molar-refractivity contribution is 0.302. The number of nitrogens with zero attached hydrogens (tertiary/aromatic N) is 5. The fourth-order valence-corrected chi connectivity index (χ4v) is 3.83. The van der Waals surface area contributed by atoms with E-state index in [-0.39, 0.29) is 0 Å². The molecule has 0 amide bonds. The summed E-state index contributed by atoms with van der Waals surface area (Å²) < 4.78 is 12.8. The summed E-state index contributed by atoms with van der Waals surface area (Å²) in [5, 5.41) is 21.4. The van der Waals surface area contributed by atoms with E-state index in [4.69, 9.17) is 9.47 Å². The predicted octanol–water partition coefficient (Wildman–Crippen LogP) is 4.14. The van der Waals surface area contributed by atoms with Crippen molar-refractivity contribution in [2.75, 3.05) is 7.11 Å². The standard InChI is InChI=1S/C21H18N6O2S/c1-13-5-3-4-6-18(13)29-12-19-26-27-20(24-25-21(27)30-19)17-11-16(22-23-17)14-7-9-15(28-2)10-8-14/h3-11H,12H2,1-2H3,(H,22,23). The second-order valence-electron chi connectivity index (χ2n) is 6.66. The first-order chi connectivity index (χ1) is 14.7. The molecule has 5 aromatic rings. The van der Waals surface area contributed by atoms with E-state index in [9.17, 15) is 0 Å². The molecule has 0 aliphatic carbocycles. The van der Waals surface area contributed by atoms with E-state index in [0.717, 1.165) is 39.0 Å². The highest BCUT2D eigenvalue weighted by Crippen LogP contribution is 2.26. The summed E-state index contributed by atoms with van der Waals surface area (Å²) in [6.45, 7) is 2.39. The number of benzene rings is 2. The van der Waals surface area contributed by atoms with Gasteiger partial charge < -0.3 is 9.47 Å². The smallest absolute Gasteiger partial charge is 0.235 e. The molecular formula is C21H18N6O2S. The average molecular weight is 418 g/mol. The largest absolute Gasteiger partial charge is 0.497 e. The Kier molecular flexibility index (Phi) is 4.64. The zero-order valence-electron chi connectivity index (χ0n) is 16.4. The molecular weight excluding hydrogens is 400 g/mol. The minimum atomic E-state index is 0.373. The first-order valence-electron chi connectivity index (χ1n) is 9.31. The van der Waals surface area contributed by atoms with Gasteiger partial charge in [0.15, 0.2) is 5.01 Å². The number of aryl methyl sites for hydroxylation is 1. The number of H-pyrrole nitrogens is 1. The van der Waals surface area contributed by atoms with Gasteiger partial charge in [-0.3, -0.25) is 5.10 Å². The molecule has 0 atom stereocenters. The molecule has 0 aliphatic heterocycles.